The molecule has 1 aliphatic heterocycles. The zero-order valence-corrected chi connectivity index (χ0v) is 20.5. The molecule has 3 aromatic rings. The molecule has 0 fully saturated rings. The largest absolute Gasteiger partial charge is 0.457 e. The molecule has 2 N–H and O–H groups in total. The van der Waals surface area contributed by atoms with E-state index in [4.69, 9.17) is 4.74 Å². The van der Waals surface area contributed by atoms with E-state index in [0.29, 0.717) is 24.6 Å². The molecule has 0 saturated carbocycles. The number of fused-ring (bicyclic) bond motifs is 2. The Morgan fingerprint density at radius 1 is 1.09 bits per heavy atom. The van der Waals surface area contributed by atoms with Gasteiger partial charge in [-0.05, 0) is 85.5 Å². The molecular formula is C29H31N3O3. The predicted octanol–water partition coefficient (Wildman–Crippen LogP) is 5.48. The molecule has 1 aliphatic carbocycles. The van der Waals surface area contributed by atoms with Gasteiger partial charge in [-0.25, -0.2) is 4.98 Å². The SMILES string of the molecule is Cc1cc(C(=O)N[C@@H]2CCc3ccc(Oc4ccnc5c4CCC(=O)N5)cc3C2)cc(C(C)C)c1. The fourth-order valence-corrected chi connectivity index (χ4v) is 4.95. The van der Waals surface area contributed by atoms with Gasteiger partial charge in [0.1, 0.15) is 17.3 Å². The number of benzene rings is 2. The van der Waals surface area contributed by atoms with Crippen molar-refractivity contribution < 1.29 is 14.3 Å². The number of amides is 2. The number of aryl methyl sites for hydroxylation is 2. The molecule has 0 bridgehead atoms. The summed E-state index contributed by atoms with van der Waals surface area (Å²) in [5.74, 6) is 2.40. The number of nitrogens with zero attached hydrogens (tertiary/aromatic N) is 1. The van der Waals surface area contributed by atoms with Gasteiger partial charge in [-0.15, -0.1) is 0 Å². The molecule has 5 rings (SSSR count). The van der Waals surface area contributed by atoms with Crippen molar-refractivity contribution in [2.75, 3.05) is 5.32 Å². The zero-order valence-electron chi connectivity index (χ0n) is 20.5. The molecule has 0 spiro atoms. The second-order valence-corrected chi connectivity index (χ2v) is 9.92. The number of rotatable bonds is 5. The Morgan fingerprint density at radius 2 is 1.94 bits per heavy atom. The molecule has 0 radical (unpaired) electrons. The summed E-state index contributed by atoms with van der Waals surface area (Å²) in [5.41, 5.74) is 6.44. The number of carbonyl (C=O) groups is 2. The highest BCUT2D eigenvalue weighted by Crippen LogP contribution is 2.34. The van der Waals surface area contributed by atoms with E-state index in [1.165, 1.54) is 16.7 Å². The van der Waals surface area contributed by atoms with Gasteiger partial charge in [0.2, 0.25) is 5.91 Å². The summed E-state index contributed by atoms with van der Waals surface area (Å²) in [6.07, 6.45) is 5.30. The van der Waals surface area contributed by atoms with Crippen LogP contribution in [0.5, 0.6) is 11.5 Å². The van der Waals surface area contributed by atoms with Gasteiger partial charge in [-0.3, -0.25) is 9.59 Å². The second-order valence-electron chi connectivity index (χ2n) is 9.92. The van der Waals surface area contributed by atoms with E-state index >= 15 is 0 Å². The Bertz CT molecular complexity index is 1300. The number of aromatic nitrogens is 1. The molecule has 6 heteroatoms. The van der Waals surface area contributed by atoms with E-state index in [1.807, 2.05) is 31.2 Å². The fourth-order valence-electron chi connectivity index (χ4n) is 4.95. The van der Waals surface area contributed by atoms with Crippen molar-refractivity contribution in [3.05, 3.63) is 82.0 Å². The van der Waals surface area contributed by atoms with Gasteiger partial charge in [0, 0.05) is 29.8 Å². The summed E-state index contributed by atoms with van der Waals surface area (Å²) < 4.78 is 6.23. The highest BCUT2D eigenvalue weighted by molar-refractivity contribution is 5.95. The minimum atomic E-state index is -0.0184. The van der Waals surface area contributed by atoms with E-state index in [-0.39, 0.29) is 17.9 Å². The lowest BCUT2D eigenvalue weighted by Crippen LogP contribution is -2.38. The Hall–Kier alpha value is -3.67. The van der Waals surface area contributed by atoms with Crippen LogP contribution in [-0.4, -0.2) is 22.8 Å². The summed E-state index contributed by atoms with van der Waals surface area (Å²) in [6.45, 7) is 6.33. The molecule has 2 heterocycles. The van der Waals surface area contributed by atoms with E-state index < -0.39 is 0 Å². The average Bonchev–Trinajstić information content (AvgIpc) is 2.83. The van der Waals surface area contributed by atoms with Crippen molar-refractivity contribution in [3.8, 4) is 11.5 Å². The molecule has 0 unspecified atom stereocenters. The number of hydrogen-bond acceptors (Lipinski definition) is 4. The molecule has 2 amide bonds. The Kier molecular flexibility index (Phi) is 6.29. The second kappa shape index (κ2) is 9.53. The van der Waals surface area contributed by atoms with E-state index in [1.54, 1.807) is 6.20 Å². The van der Waals surface area contributed by atoms with E-state index in [9.17, 15) is 9.59 Å². The number of carbonyl (C=O) groups excluding carboxylic acids is 2. The average molecular weight is 470 g/mol. The first-order chi connectivity index (χ1) is 16.9. The Labute approximate surface area is 206 Å². The van der Waals surface area contributed by atoms with Crippen LogP contribution in [0.4, 0.5) is 5.82 Å². The summed E-state index contributed by atoms with van der Waals surface area (Å²) >= 11 is 0. The minimum absolute atomic E-state index is 0.0121. The maximum absolute atomic E-state index is 13.0. The third-order valence-electron chi connectivity index (χ3n) is 6.87. The number of anilines is 1. The van der Waals surface area contributed by atoms with Gasteiger partial charge in [0.05, 0.1) is 0 Å². The van der Waals surface area contributed by atoms with Crippen molar-refractivity contribution in [3.63, 3.8) is 0 Å². The van der Waals surface area contributed by atoms with E-state index in [2.05, 4.69) is 47.7 Å². The van der Waals surface area contributed by atoms with Crippen LogP contribution in [0.3, 0.4) is 0 Å². The number of pyridine rings is 1. The van der Waals surface area contributed by atoms with Gasteiger partial charge in [0.15, 0.2) is 0 Å². The summed E-state index contributed by atoms with van der Waals surface area (Å²) in [6, 6.07) is 14.2. The van der Waals surface area contributed by atoms with Gasteiger partial charge in [-0.1, -0.05) is 31.5 Å². The Morgan fingerprint density at radius 3 is 2.77 bits per heavy atom. The third kappa shape index (κ3) is 5.06. The molecule has 0 saturated heterocycles. The van der Waals surface area contributed by atoms with Crippen molar-refractivity contribution in [1.29, 1.82) is 0 Å². The molecule has 35 heavy (non-hydrogen) atoms. The van der Waals surface area contributed by atoms with Crippen molar-refractivity contribution in [1.82, 2.24) is 10.3 Å². The van der Waals surface area contributed by atoms with Crippen LogP contribution in [0.2, 0.25) is 0 Å². The molecule has 2 aromatic carbocycles. The van der Waals surface area contributed by atoms with Crippen LogP contribution in [0, 0.1) is 6.92 Å². The van der Waals surface area contributed by atoms with Crippen LogP contribution < -0.4 is 15.4 Å². The molecule has 1 atom stereocenters. The van der Waals surface area contributed by atoms with Crippen LogP contribution in [0.15, 0.2) is 48.7 Å². The summed E-state index contributed by atoms with van der Waals surface area (Å²) in [4.78, 5) is 29.0. The lowest BCUT2D eigenvalue weighted by atomic mass is 9.88. The fraction of sp³-hybridized carbons (Fsp3) is 0.345. The zero-order chi connectivity index (χ0) is 24.5. The Balaban J connectivity index is 1.30. The number of nitrogens with one attached hydrogen (secondary N) is 2. The van der Waals surface area contributed by atoms with Gasteiger partial charge in [0.25, 0.3) is 5.91 Å². The highest BCUT2D eigenvalue weighted by atomic mass is 16.5. The molecular weight excluding hydrogens is 438 g/mol. The van der Waals surface area contributed by atoms with Crippen LogP contribution in [0.25, 0.3) is 0 Å². The third-order valence-corrected chi connectivity index (χ3v) is 6.87. The quantitative estimate of drug-likeness (QED) is 0.519. The highest BCUT2D eigenvalue weighted by Gasteiger charge is 2.23. The molecule has 1 aromatic heterocycles. The molecule has 2 aliphatic rings. The van der Waals surface area contributed by atoms with Crippen LogP contribution in [-0.2, 0) is 24.1 Å². The monoisotopic (exact) mass is 469 g/mol. The topological polar surface area (TPSA) is 80.3 Å². The summed E-state index contributed by atoms with van der Waals surface area (Å²) in [7, 11) is 0. The van der Waals surface area contributed by atoms with Crippen molar-refractivity contribution in [2.45, 2.75) is 64.8 Å². The first-order valence-corrected chi connectivity index (χ1v) is 12.4. The molecule has 6 nitrogen and oxygen atoms in total. The maximum atomic E-state index is 13.0. The smallest absolute Gasteiger partial charge is 0.251 e. The molecule has 180 valence electrons. The predicted molar refractivity (Wildman–Crippen MR) is 136 cm³/mol. The normalized spacial score (nSPS) is 16.8. The van der Waals surface area contributed by atoms with Crippen LogP contribution >= 0.6 is 0 Å². The number of hydrogen-bond donors (Lipinski definition) is 2. The first kappa shape index (κ1) is 23.1. The lowest BCUT2D eigenvalue weighted by molar-refractivity contribution is -0.116. The van der Waals surface area contributed by atoms with Crippen molar-refractivity contribution in [2.24, 2.45) is 0 Å². The first-order valence-electron chi connectivity index (χ1n) is 12.4. The van der Waals surface area contributed by atoms with Gasteiger partial charge in [-0.2, -0.15) is 0 Å². The number of ether oxygens (including phenoxy) is 1. The van der Waals surface area contributed by atoms with E-state index in [0.717, 1.165) is 47.5 Å². The summed E-state index contributed by atoms with van der Waals surface area (Å²) in [5, 5.41) is 6.07. The van der Waals surface area contributed by atoms with Gasteiger partial charge < -0.3 is 15.4 Å². The minimum Gasteiger partial charge on any atom is -0.457 e. The standard InChI is InChI=1S/C29H31N3O3/c1-17(2)20-12-18(3)13-22(14-20)29(34)31-23-6-4-19-5-7-24(16-21(19)15-23)35-26-10-11-30-28-25(26)8-9-27(33)32-28/h5,7,10-14,16-17,23H,4,6,8-9,15H2,1-3H3,(H,31,34)(H,30,32,33)/t23-/m1/s1. The van der Waals surface area contributed by atoms with Crippen LogP contribution in [0.1, 0.15) is 70.8 Å². The van der Waals surface area contributed by atoms with Crippen molar-refractivity contribution >= 4 is 17.6 Å². The lowest BCUT2D eigenvalue weighted by Gasteiger charge is -2.26. The maximum Gasteiger partial charge on any atom is 0.251 e. The van der Waals surface area contributed by atoms with Gasteiger partial charge >= 0.3 is 0 Å².